The van der Waals surface area contributed by atoms with Gasteiger partial charge >= 0.3 is 5.97 Å². The molecule has 1 rings (SSSR count). The molecule has 0 unspecified atom stereocenters. The third-order valence-electron chi connectivity index (χ3n) is 1.71. The lowest BCUT2D eigenvalue weighted by atomic mass is 10.2. The Morgan fingerprint density at radius 1 is 1.53 bits per heavy atom. The van der Waals surface area contributed by atoms with E-state index < -0.39 is 5.97 Å². The summed E-state index contributed by atoms with van der Waals surface area (Å²) in [6, 6.07) is 2.84. The molecule has 0 fully saturated rings. The van der Waals surface area contributed by atoms with Gasteiger partial charge in [-0.2, -0.15) is 0 Å². The van der Waals surface area contributed by atoms with Gasteiger partial charge in [-0.05, 0) is 12.1 Å². The molecule has 0 aliphatic carbocycles. The van der Waals surface area contributed by atoms with Gasteiger partial charge in [0.15, 0.2) is 0 Å². The fourth-order valence-corrected chi connectivity index (χ4v) is 1.66. The lowest BCUT2D eigenvalue weighted by Gasteiger charge is -2.10. The Morgan fingerprint density at radius 3 is 2.73 bits per heavy atom. The first-order valence-electron chi connectivity index (χ1n) is 4.13. The molecule has 0 spiro atoms. The van der Waals surface area contributed by atoms with E-state index >= 15 is 0 Å². The highest BCUT2D eigenvalue weighted by molar-refractivity contribution is 6.37. The summed E-state index contributed by atoms with van der Waals surface area (Å²) in [5.74, 6) is -1.08. The molecular formula is C10H9Cl2NO2. The van der Waals surface area contributed by atoms with Crippen LogP contribution in [0.2, 0.25) is 10.0 Å². The summed E-state index contributed by atoms with van der Waals surface area (Å²) in [6.07, 6.45) is 1.61. The van der Waals surface area contributed by atoms with E-state index in [1.807, 2.05) is 0 Å². The van der Waals surface area contributed by atoms with Crippen LogP contribution in [0.3, 0.4) is 0 Å². The molecular weight excluding hydrogens is 237 g/mol. The minimum atomic E-state index is -1.08. The molecule has 15 heavy (non-hydrogen) atoms. The molecule has 1 aromatic rings. The maximum absolute atomic E-state index is 10.9. The first kappa shape index (κ1) is 11.9. The second-order valence-corrected chi connectivity index (χ2v) is 3.63. The SMILES string of the molecule is C=CCNc1c(Cl)cc(Cl)cc1C(=O)O. The summed E-state index contributed by atoms with van der Waals surface area (Å²) in [6.45, 7) is 3.95. The highest BCUT2D eigenvalue weighted by Crippen LogP contribution is 2.30. The highest BCUT2D eigenvalue weighted by atomic mass is 35.5. The Labute approximate surface area is 97.3 Å². The number of halogens is 2. The van der Waals surface area contributed by atoms with Gasteiger partial charge in [-0.3, -0.25) is 0 Å². The molecule has 0 saturated carbocycles. The van der Waals surface area contributed by atoms with Gasteiger partial charge in [0.2, 0.25) is 0 Å². The Bertz CT molecular complexity index is 405. The number of carboxylic acid groups (broad SMARTS) is 1. The molecule has 2 N–H and O–H groups in total. The van der Waals surface area contributed by atoms with Crippen LogP contribution in [0.1, 0.15) is 10.4 Å². The Morgan fingerprint density at radius 2 is 2.20 bits per heavy atom. The first-order valence-corrected chi connectivity index (χ1v) is 4.89. The summed E-state index contributed by atoms with van der Waals surface area (Å²) in [5.41, 5.74) is 0.405. The van der Waals surface area contributed by atoms with Gasteiger partial charge in [-0.1, -0.05) is 29.3 Å². The molecule has 0 aliphatic rings. The van der Waals surface area contributed by atoms with Crippen molar-refractivity contribution in [3.05, 3.63) is 40.4 Å². The molecule has 3 nitrogen and oxygen atoms in total. The van der Waals surface area contributed by atoms with Crippen molar-refractivity contribution in [2.24, 2.45) is 0 Å². The van der Waals surface area contributed by atoms with Crippen LogP contribution in [-0.2, 0) is 0 Å². The van der Waals surface area contributed by atoms with Gasteiger partial charge in [-0.25, -0.2) is 4.79 Å². The predicted molar refractivity (Wildman–Crippen MR) is 62.1 cm³/mol. The van der Waals surface area contributed by atoms with E-state index in [4.69, 9.17) is 28.3 Å². The van der Waals surface area contributed by atoms with E-state index in [0.29, 0.717) is 17.3 Å². The Kier molecular flexibility index (Phi) is 4.00. The van der Waals surface area contributed by atoms with Crippen LogP contribution in [0.15, 0.2) is 24.8 Å². The number of hydrogen-bond donors (Lipinski definition) is 2. The van der Waals surface area contributed by atoms with Crippen molar-refractivity contribution in [2.45, 2.75) is 0 Å². The average Bonchev–Trinajstić information content (AvgIpc) is 2.15. The van der Waals surface area contributed by atoms with Crippen LogP contribution in [0.25, 0.3) is 0 Å². The molecule has 0 heterocycles. The van der Waals surface area contributed by atoms with Crippen LogP contribution in [0.5, 0.6) is 0 Å². The number of anilines is 1. The van der Waals surface area contributed by atoms with Crippen LogP contribution < -0.4 is 5.32 Å². The molecule has 0 radical (unpaired) electrons. The monoisotopic (exact) mass is 245 g/mol. The molecule has 5 heteroatoms. The van der Waals surface area contributed by atoms with Gasteiger partial charge < -0.3 is 10.4 Å². The van der Waals surface area contributed by atoms with Crippen molar-refractivity contribution in [3.8, 4) is 0 Å². The molecule has 0 bridgehead atoms. The molecule has 0 aromatic heterocycles. The lowest BCUT2D eigenvalue weighted by molar-refractivity contribution is 0.0698. The van der Waals surface area contributed by atoms with Crippen molar-refractivity contribution in [2.75, 3.05) is 11.9 Å². The largest absolute Gasteiger partial charge is 0.478 e. The first-order chi connectivity index (χ1) is 7.06. The van der Waals surface area contributed by atoms with Crippen LogP contribution in [0, 0.1) is 0 Å². The van der Waals surface area contributed by atoms with E-state index in [9.17, 15) is 4.79 Å². The molecule has 1 aromatic carbocycles. The minimum Gasteiger partial charge on any atom is -0.478 e. The van der Waals surface area contributed by atoms with Crippen molar-refractivity contribution >= 4 is 34.9 Å². The van der Waals surface area contributed by atoms with Gasteiger partial charge in [0, 0.05) is 11.6 Å². The van der Waals surface area contributed by atoms with Crippen molar-refractivity contribution < 1.29 is 9.90 Å². The smallest absolute Gasteiger partial charge is 0.337 e. The molecule has 0 atom stereocenters. The van der Waals surface area contributed by atoms with Gasteiger partial charge in [-0.15, -0.1) is 6.58 Å². The zero-order chi connectivity index (χ0) is 11.4. The van der Waals surface area contributed by atoms with Crippen LogP contribution in [-0.4, -0.2) is 17.6 Å². The number of carboxylic acids is 1. The van der Waals surface area contributed by atoms with Gasteiger partial charge in [0.1, 0.15) is 0 Å². The number of rotatable bonds is 4. The van der Waals surface area contributed by atoms with Crippen molar-refractivity contribution in [3.63, 3.8) is 0 Å². The number of carbonyl (C=O) groups is 1. The summed E-state index contributed by atoms with van der Waals surface area (Å²) in [4.78, 5) is 10.9. The quantitative estimate of drug-likeness (QED) is 0.801. The fraction of sp³-hybridized carbons (Fsp3) is 0.100. The number of nitrogens with one attached hydrogen (secondary N) is 1. The van der Waals surface area contributed by atoms with Crippen molar-refractivity contribution in [1.29, 1.82) is 0 Å². The third kappa shape index (κ3) is 2.88. The Hall–Kier alpha value is -1.19. The van der Waals surface area contributed by atoms with Crippen LogP contribution >= 0.6 is 23.2 Å². The summed E-state index contributed by atoms with van der Waals surface area (Å²) in [7, 11) is 0. The predicted octanol–water partition coefficient (Wildman–Crippen LogP) is 3.29. The topological polar surface area (TPSA) is 49.3 Å². The number of benzene rings is 1. The molecule has 80 valence electrons. The second kappa shape index (κ2) is 5.05. The average molecular weight is 246 g/mol. The number of hydrogen-bond acceptors (Lipinski definition) is 2. The highest BCUT2D eigenvalue weighted by Gasteiger charge is 2.14. The van der Waals surface area contributed by atoms with E-state index in [0.717, 1.165) is 0 Å². The standard InChI is InChI=1S/C10H9Cl2NO2/c1-2-3-13-9-7(10(14)15)4-6(11)5-8(9)12/h2,4-5,13H,1,3H2,(H,14,15). The summed E-state index contributed by atoms with van der Waals surface area (Å²) >= 11 is 11.6. The second-order valence-electron chi connectivity index (χ2n) is 2.78. The van der Waals surface area contributed by atoms with Crippen LogP contribution in [0.4, 0.5) is 5.69 Å². The summed E-state index contributed by atoms with van der Waals surface area (Å²) < 4.78 is 0. The molecule has 0 saturated heterocycles. The Balaban J connectivity index is 3.20. The molecule has 0 aliphatic heterocycles. The number of aromatic carboxylic acids is 1. The van der Waals surface area contributed by atoms with E-state index in [-0.39, 0.29) is 10.6 Å². The van der Waals surface area contributed by atoms with Gasteiger partial charge in [0.25, 0.3) is 0 Å². The van der Waals surface area contributed by atoms with E-state index in [1.165, 1.54) is 12.1 Å². The maximum atomic E-state index is 10.9. The minimum absolute atomic E-state index is 0.0503. The van der Waals surface area contributed by atoms with E-state index in [2.05, 4.69) is 11.9 Å². The third-order valence-corrected chi connectivity index (χ3v) is 2.22. The van der Waals surface area contributed by atoms with Crippen molar-refractivity contribution in [1.82, 2.24) is 0 Å². The van der Waals surface area contributed by atoms with Gasteiger partial charge in [0.05, 0.1) is 16.3 Å². The maximum Gasteiger partial charge on any atom is 0.337 e. The fourth-order valence-electron chi connectivity index (χ4n) is 1.10. The zero-order valence-corrected chi connectivity index (χ0v) is 9.27. The zero-order valence-electron chi connectivity index (χ0n) is 7.76. The normalized spacial score (nSPS) is 9.73. The van der Waals surface area contributed by atoms with E-state index in [1.54, 1.807) is 6.08 Å². The lowest BCUT2D eigenvalue weighted by Crippen LogP contribution is -2.06. The summed E-state index contributed by atoms with van der Waals surface area (Å²) in [5, 5.41) is 12.4. The molecule has 0 amide bonds.